The Bertz CT molecular complexity index is 790. The fourth-order valence-electron chi connectivity index (χ4n) is 2.82. The maximum absolute atomic E-state index is 12.9. The van der Waals surface area contributed by atoms with Crippen LogP contribution in [0.1, 0.15) is 41.7 Å². The predicted octanol–water partition coefficient (Wildman–Crippen LogP) is 4.56. The molecule has 9 heteroatoms. The molecule has 0 radical (unpaired) electrons. The molecule has 2 aromatic rings. The maximum Gasteiger partial charge on any atom is 0.417 e. The van der Waals surface area contributed by atoms with Gasteiger partial charge in [0.1, 0.15) is 0 Å². The zero-order valence-corrected chi connectivity index (χ0v) is 14.4. The molecule has 0 aliphatic heterocycles. The van der Waals surface area contributed by atoms with Gasteiger partial charge < -0.3 is 10.6 Å². The van der Waals surface area contributed by atoms with Crippen molar-refractivity contribution in [1.82, 2.24) is 15.5 Å². The fourth-order valence-corrected chi connectivity index (χ4v) is 3.04. The summed E-state index contributed by atoms with van der Waals surface area (Å²) < 4.78 is 38.7. The summed E-state index contributed by atoms with van der Waals surface area (Å²) in [5.74, 6) is -0.0836. The van der Waals surface area contributed by atoms with Gasteiger partial charge in [0.2, 0.25) is 0 Å². The van der Waals surface area contributed by atoms with E-state index in [9.17, 15) is 18.0 Å². The van der Waals surface area contributed by atoms with Crippen LogP contribution in [0.3, 0.4) is 0 Å². The van der Waals surface area contributed by atoms with Crippen LogP contribution in [-0.2, 0) is 6.18 Å². The van der Waals surface area contributed by atoms with Gasteiger partial charge in [-0.3, -0.25) is 4.79 Å². The summed E-state index contributed by atoms with van der Waals surface area (Å²) in [6.07, 6.45) is -0.447. The number of aromatic nitrogens is 2. The third kappa shape index (κ3) is 4.43. The number of carbonyl (C=O) groups excluding carboxylic acids is 1. The van der Waals surface area contributed by atoms with E-state index in [4.69, 9.17) is 11.6 Å². The van der Waals surface area contributed by atoms with Gasteiger partial charge in [0.15, 0.2) is 11.5 Å². The molecule has 1 amide bonds. The average molecular weight is 385 g/mol. The molecule has 1 aliphatic carbocycles. The van der Waals surface area contributed by atoms with E-state index in [1.165, 1.54) is 18.2 Å². The van der Waals surface area contributed by atoms with Crippen molar-refractivity contribution >= 4 is 29.0 Å². The Morgan fingerprint density at radius 1 is 1.12 bits per heavy atom. The lowest BCUT2D eigenvalue weighted by atomic mass is 10.2. The Morgan fingerprint density at radius 3 is 2.46 bits per heavy atom. The van der Waals surface area contributed by atoms with E-state index in [-0.39, 0.29) is 34.2 Å². The maximum atomic E-state index is 12.9. The van der Waals surface area contributed by atoms with Crippen LogP contribution in [-0.4, -0.2) is 22.1 Å². The van der Waals surface area contributed by atoms with E-state index >= 15 is 0 Å². The third-order valence-corrected chi connectivity index (χ3v) is 4.46. The van der Waals surface area contributed by atoms with Crippen LogP contribution in [0.4, 0.5) is 24.7 Å². The van der Waals surface area contributed by atoms with Gasteiger partial charge >= 0.3 is 6.18 Å². The summed E-state index contributed by atoms with van der Waals surface area (Å²) in [6, 6.07) is 6.57. The highest BCUT2D eigenvalue weighted by Crippen LogP contribution is 2.36. The lowest BCUT2D eigenvalue weighted by Gasteiger charge is -2.12. The first-order chi connectivity index (χ1) is 12.3. The monoisotopic (exact) mass is 384 g/mol. The Labute approximate surface area is 153 Å². The molecule has 5 nitrogen and oxygen atoms in total. The summed E-state index contributed by atoms with van der Waals surface area (Å²) in [7, 11) is 0. The Balaban J connectivity index is 1.68. The van der Waals surface area contributed by atoms with E-state index in [0.29, 0.717) is 0 Å². The number of halogens is 4. The minimum atomic E-state index is -4.55. The third-order valence-electron chi connectivity index (χ3n) is 4.13. The molecule has 1 heterocycles. The van der Waals surface area contributed by atoms with Crippen LogP contribution in [0, 0.1) is 0 Å². The van der Waals surface area contributed by atoms with Crippen molar-refractivity contribution in [2.24, 2.45) is 0 Å². The Morgan fingerprint density at radius 2 is 1.85 bits per heavy atom. The lowest BCUT2D eigenvalue weighted by molar-refractivity contribution is -0.137. The number of benzene rings is 1. The van der Waals surface area contributed by atoms with Crippen LogP contribution < -0.4 is 10.6 Å². The van der Waals surface area contributed by atoms with E-state index in [1.54, 1.807) is 0 Å². The molecule has 3 rings (SSSR count). The highest BCUT2D eigenvalue weighted by molar-refractivity contribution is 6.31. The molecule has 26 heavy (non-hydrogen) atoms. The number of amides is 1. The van der Waals surface area contributed by atoms with Crippen LogP contribution in [0.15, 0.2) is 30.3 Å². The second-order valence-corrected chi connectivity index (χ2v) is 6.48. The summed E-state index contributed by atoms with van der Waals surface area (Å²) in [4.78, 5) is 12.1. The van der Waals surface area contributed by atoms with Crippen molar-refractivity contribution < 1.29 is 18.0 Å². The Hall–Kier alpha value is -2.35. The second-order valence-electron chi connectivity index (χ2n) is 6.08. The highest BCUT2D eigenvalue weighted by atomic mass is 35.5. The molecule has 1 aromatic heterocycles. The highest BCUT2D eigenvalue weighted by Gasteiger charge is 2.33. The van der Waals surface area contributed by atoms with Gasteiger partial charge in [0.25, 0.3) is 5.91 Å². The first-order valence-corrected chi connectivity index (χ1v) is 8.49. The van der Waals surface area contributed by atoms with Crippen LogP contribution in [0.2, 0.25) is 5.02 Å². The first-order valence-electron chi connectivity index (χ1n) is 8.11. The summed E-state index contributed by atoms with van der Waals surface area (Å²) in [5, 5.41) is 12.9. The lowest BCUT2D eigenvalue weighted by Crippen LogP contribution is -2.33. The summed E-state index contributed by atoms with van der Waals surface area (Å²) in [5.41, 5.74) is -0.613. The SMILES string of the molecule is O=C(NC1CCCC1)c1ccc(Nc2ccc(Cl)c(C(F)(F)F)c2)nn1. The molecule has 1 aliphatic rings. The Kier molecular flexibility index (Phi) is 5.31. The van der Waals surface area contributed by atoms with Crippen molar-refractivity contribution in [3.63, 3.8) is 0 Å². The molecule has 138 valence electrons. The number of hydrogen-bond donors (Lipinski definition) is 2. The average Bonchev–Trinajstić information content (AvgIpc) is 3.09. The molecule has 1 saturated carbocycles. The minimum absolute atomic E-state index is 0.162. The van der Waals surface area contributed by atoms with Gasteiger partial charge in [-0.05, 0) is 43.2 Å². The molecular formula is C17H16ClF3N4O. The second kappa shape index (κ2) is 7.49. The molecular weight excluding hydrogens is 369 g/mol. The van der Waals surface area contributed by atoms with Gasteiger partial charge in [-0.2, -0.15) is 13.2 Å². The molecule has 0 unspecified atom stereocenters. The van der Waals surface area contributed by atoms with Crippen LogP contribution >= 0.6 is 11.6 Å². The molecule has 1 aromatic carbocycles. The van der Waals surface area contributed by atoms with Crippen LogP contribution in [0.5, 0.6) is 0 Å². The van der Waals surface area contributed by atoms with Crippen molar-refractivity contribution in [2.75, 3.05) is 5.32 Å². The molecule has 0 saturated heterocycles. The number of rotatable bonds is 4. The van der Waals surface area contributed by atoms with E-state index in [1.807, 2.05) is 0 Å². The van der Waals surface area contributed by atoms with Crippen molar-refractivity contribution in [1.29, 1.82) is 0 Å². The number of alkyl halides is 3. The predicted molar refractivity (Wildman–Crippen MR) is 91.5 cm³/mol. The molecule has 0 bridgehead atoms. The minimum Gasteiger partial charge on any atom is -0.348 e. The standard InChI is InChI=1S/C17H16ClF3N4O/c18-13-6-5-11(9-12(13)17(19,20)21)22-15-8-7-14(24-25-15)16(26)23-10-3-1-2-4-10/h5-10H,1-4H2,(H,22,25)(H,23,26). The topological polar surface area (TPSA) is 66.9 Å². The normalized spacial score (nSPS) is 15.1. The smallest absolute Gasteiger partial charge is 0.348 e. The summed E-state index contributed by atoms with van der Waals surface area (Å²) in [6.45, 7) is 0. The van der Waals surface area contributed by atoms with Crippen LogP contribution in [0.25, 0.3) is 0 Å². The van der Waals surface area contributed by atoms with Crippen molar-refractivity contribution in [3.8, 4) is 0 Å². The molecule has 0 spiro atoms. The molecule has 0 atom stereocenters. The van der Waals surface area contributed by atoms with E-state index < -0.39 is 11.7 Å². The van der Waals surface area contributed by atoms with Gasteiger partial charge in [0.05, 0.1) is 10.6 Å². The van der Waals surface area contributed by atoms with Gasteiger partial charge in [0, 0.05) is 11.7 Å². The zero-order chi connectivity index (χ0) is 18.7. The van der Waals surface area contributed by atoms with Gasteiger partial charge in [-0.25, -0.2) is 0 Å². The fraction of sp³-hybridized carbons (Fsp3) is 0.353. The largest absolute Gasteiger partial charge is 0.417 e. The van der Waals surface area contributed by atoms with Crippen molar-refractivity contribution in [3.05, 3.63) is 46.6 Å². The van der Waals surface area contributed by atoms with Crippen molar-refractivity contribution in [2.45, 2.75) is 37.9 Å². The van der Waals surface area contributed by atoms with Gasteiger partial charge in [-0.1, -0.05) is 24.4 Å². The molecule has 1 fully saturated rings. The number of nitrogens with one attached hydrogen (secondary N) is 2. The first kappa shape index (κ1) is 18.4. The van der Waals surface area contributed by atoms with E-state index in [0.717, 1.165) is 37.8 Å². The zero-order valence-electron chi connectivity index (χ0n) is 13.6. The van der Waals surface area contributed by atoms with E-state index in [2.05, 4.69) is 20.8 Å². The summed E-state index contributed by atoms with van der Waals surface area (Å²) >= 11 is 5.59. The number of carbonyl (C=O) groups is 1. The number of anilines is 2. The number of hydrogen-bond acceptors (Lipinski definition) is 4. The molecule has 2 N–H and O–H groups in total. The number of nitrogens with zero attached hydrogens (tertiary/aromatic N) is 2. The quantitative estimate of drug-likeness (QED) is 0.810. The van der Waals surface area contributed by atoms with Gasteiger partial charge in [-0.15, -0.1) is 10.2 Å².